The van der Waals surface area contributed by atoms with Gasteiger partial charge in [-0.05, 0) is 23.6 Å². The van der Waals surface area contributed by atoms with Gasteiger partial charge in [-0.15, -0.1) is 0 Å². The van der Waals surface area contributed by atoms with Crippen molar-refractivity contribution in [2.24, 2.45) is 5.92 Å². The lowest BCUT2D eigenvalue weighted by molar-refractivity contribution is 0.282. The molecule has 0 spiro atoms. The topological polar surface area (TPSA) is 89.9 Å². The van der Waals surface area contributed by atoms with Gasteiger partial charge in [0.25, 0.3) is 5.89 Å². The second-order valence-electron chi connectivity index (χ2n) is 7.00. The van der Waals surface area contributed by atoms with Crippen LogP contribution in [0.1, 0.15) is 19.4 Å². The van der Waals surface area contributed by atoms with E-state index >= 15 is 0 Å². The minimum Gasteiger partial charge on any atom is -0.392 e. The van der Waals surface area contributed by atoms with Crippen molar-refractivity contribution in [2.45, 2.75) is 27.0 Å². The molecule has 142 valence electrons. The third-order valence-electron chi connectivity index (χ3n) is 4.38. The first-order valence-electron chi connectivity index (χ1n) is 9.16. The summed E-state index contributed by atoms with van der Waals surface area (Å²) in [5.74, 6) is 1.36. The monoisotopic (exact) mass is 375 g/mol. The third kappa shape index (κ3) is 3.57. The zero-order valence-electron chi connectivity index (χ0n) is 15.8. The highest BCUT2D eigenvalue weighted by atomic mass is 16.5. The largest absolute Gasteiger partial charge is 0.392 e. The zero-order chi connectivity index (χ0) is 19.5. The number of aliphatic hydroxyl groups excluding tert-OH is 1. The smallest absolute Gasteiger partial charge is 0.262 e. The van der Waals surface area contributed by atoms with Crippen molar-refractivity contribution in [2.75, 3.05) is 0 Å². The summed E-state index contributed by atoms with van der Waals surface area (Å²) < 4.78 is 7.53. The Bertz CT molecular complexity index is 1050. The van der Waals surface area contributed by atoms with Gasteiger partial charge in [0.2, 0.25) is 5.82 Å². The molecule has 0 aliphatic carbocycles. The number of hydrogen-bond donors (Lipinski definition) is 1. The average Bonchev–Trinajstić information content (AvgIpc) is 3.35. The van der Waals surface area contributed by atoms with Crippen molar-refractivity contribution in [3.05, 3.63) is 60.6 Å². The highest BCUT2D eigenvalue weighted by molar-refractivity contribution is 5.77. The molecule has 3 aromatic heterocycles. The summed E-state index contributed by atoms with van der Waals surface area (Å²) in [7, 11) is 0. The van der Waals surface area contributed by atoms with Crippen LogP contribution in [-0.4, -0.2) is 30.0 Å². The number of pyridine rings is 1. The van der Waals surface area contributed by atoms with Crippen molar-refractivity contribution in [1.82, 2.24) is 24.9 Å². The summed E-state index contributed by atoms with van der Waals surface area (Å²) in [6.45, 7) is 5.08. The molecule has 0 fully saturated rings. The second kappa shape index (κ2) is 7.74. The Kier molecular flexibility index (Phi) is 4.99. The Morgan fingerprint density at radius 2 is 1.79 bits per heavy atom. The fourth-order valence-electron chi connectivity index (χ4n) is 3.05. The van der Waals surface area contributed by atoms with E-state index in [0.717, 1.165) is 34.5 Å². The van der Waals surface area contributed by atoms with Crippen molar-refractivity contribution in [3.63, 3.8) is 0 Å². The van der Waals surface area contributed by atoms with Crippen LogP contribution in [0.15, 0.2) is 59.5 Å². The lowest BCUT2D eigenvalue weighted by atomic mass is 10.1. The molecule has 1 N–H and O–H groups in total. The lowest BCUT2D eigenvalue weighted by Gasteiger charge is -2.10. The van der Waals surface area contributed by atoms with Crippen molar-refractivity contribution < 1.29 is 9.63 Å². The van der Waals surface area contributed by atoms with Crippen LogP contribution in [0.4, 0.5) is 0 Å². The Labute approximate surface area is 162 Å². The molecule has 0 aliphatic heterocycles. The summed E-state index contributed by atoms with van der Waals surface area (Å²) in [5.41, 5.74) is 4.38. The van der Waals surface area contributed by atoms with Gasteiger partial charge in [-0.3, -0.25) is 9.67 Å². The predicted octanol–water partition coefficient (Wildman–Crippen LogP) is 3.81. The Morgan fingerprint density at radius 3 is 2.46 bits per heavy atom. The van der Waals surface area contributed by atoms with Gasteiger partial charge in [-0.1, -0.05) is 43.3 Å². The Balaban J connectivity index is 1.75. The van der Waals surface area contributed by atoms with E-state index in [1.807, 2.05) is 41.1 Å². The molecule has 0 bridgehead atoms. The fraction of sp³-hybridized carbons (Fsp3) is 0.238. The standard InChI is InChI=1S/C21H21N5O2/c1-14(2)12-26-19(16-7-9-22-10-8-16)18(11-23-26)21-24-20(25-28-21)17-5-3-15(13-27)4-6-17/h3-11,14,27H,12-13H2,1-2H3. The van der Waals surface area contributed by atoms with Gasteiger partial charge >= 0.3 is 0 Å². The highest BCUT2D eigenvalue weighted by Gasteiger charge is 2.20. The zero-order valence-corrected chi connectivity index (χ0v) is 15.8. The van der Waals surface area contributed by atoms with Gasteiger partial charge in [-0.25, -0.2) is 0 Å². The number of aromatic nitrogens is 5. The van der Waals surface area contributed by atoms with E-state index in [4.69, 9.17) is 4.52 Å². The normalized spacial score (nSPS) is 11.3. The molecule has 0 atom stereocenters. The molecule has 3 heterocycles. The quantitative estimate of drug-likeness (QED) is 0.551. The van der Waals surface area contributed by atoms with Crippen LogP contribution in [0.5, 0.6) is 0 Å². The van der Waals surface area contributed by atoms with E-state index < -0.39 is 0 Å². The molecule has 0 saturated carbocycles. The van der Waals surface area contributed by atoms with Crippen LogP contribution in [0, 0.1) is 5.92 Å². The van der Waals surface area contributed by atoms with Crippen LogP contribution in [0.3, 0.4) is 0 Å². The molecule has 4 rings (SSSR count). The van der Waals surface area contributed by atoms with E-state index in [1.165, 1.54) is 0 Å². The van der Waals surface area contributed by atoms with Gasteiger partial charge < -0.3 is 9.63 Å². The predicted molar refractivity (Wildman–Crippen MR) is 105 cm³/mol. The van der Waals surface area contributed by atoms with Crippen molar-refractivity contribution in [1.29, 1.82) is 0 Å². The van der Waals surface area contributed by atoms with Gasteiger partial charge in [0.1, 0.15) is 0 Å². The lowest BCUT2D eigenvalue weighted by Crippen LogP contribution is -2.07. The van der Waals surface area contributed by atoms with Crippen LogP contribution in [-0.2, 0) is 13.2 Å². The number of nitrogens with zero attached hydrogens (tertiary/aromatic N) is 5. The molecule has 0 saturated heterocycles. The number of hydrogen-bond acceptors (Lipinski definition) is 6. The van der Waals surface area contributed by atoms with Crippen molar-refractivity contribution >= 4 is 0 Å². The van der Waals surface area contributed by atoms with E-state index in [9.17, 15) is 5.11 Å². The second-order valence-corrected chi connectivity index (χ2v) is 7.00. The first-order chi connectivity index (χ1) is 13.7. The molecular formula is C21H21N5O2. The molecular weight excluding hydrogens is 354 g/mol. The van der Waals surface area contributed by atoms with Gasteiger partial charge in [-0.2, -0.15) is 10.1 Å². The minimum atomic E-state index is 0.00209. The first kappa shape index (κ1) is 18.1. The Morgan fingerprint density at radius 1 is 1.04 bits per heavy atom. The number of benzene rings is 1. The maximum absolute atomic E-state index is 9.19. The molecule has 0 radical (unpaired) electrons. The highest BCUT2D eigenvalue weighted by Crippen LogP contribution is 2.32. The molecule has 7 heteroatoms. The summed E-state index contributed by atoms with van der Waals surface area (Å²) >= 11 is 0. The third-order valence-corrected chi connectivity index (χ3v) is 4.38. The fourth-order valence-corrected chi connectivity index (χ4v) is 3.05. The van der Waals surface area contributed by atoms with Gasteiger partial charge in [0.05, 0.1) is 24.1 Å². The molecule has 28 heavy (non-hydrogen) atoms. The summed E-state index contributed by atoms with van der Waals surface area (Å²) in [5, 5.41) is 17.9. The number of rotatable bonds is 6. The average molecular weight is 375 g/mol. The SMILES string of the molecule is CC(C)Cn1ncc(-c2nc(-c3ccc(CO)cc3)no2)c1-c1ccncc1. The molecule has 7 nitrogen and oxygen atoms in total. The maximum Gasteiger partial charge on any atom is 0.262 e. The van der Waals surface area contributed by atoms with Crippen LogP contribution in [0.2, 0.25) is 0 Å². The summed E-state index contributed by atoms with van der Waals surface area (Å²) in [6, 6.07) is 11.3. The van der Waals surface area contributed by atoms with Gasteiger partial charge in [0, 0.05) is 30.1 Å². The van der Waals surface area contributed by atoms with Crippen LogP contribution < -0.4 is 0 Å². The first-order valence-corrected chi connectivity index (χ1v) is 9.16. The van der Waals surface area contributed by atoms with Crippen molar-refractivity contribution in [3.8, 4) is 34.1 Å². The molecule has 4 aromatic rings. The Hall–Kier alpha value is -3.32. The van der Waals surface area contributed by atoms with Gasteiger partial charge in [0.15, 0.2) is 0 Å². The summed E-state index contributed by atoms with van der Waals surface area (Å²) in [4.78, 5) is 8.68. The van der Waals surface area contributed by atoms with E-state index in [1.54, 1.807) is 18.6 Å². The summed E-state index contributed by atoms with van der Waals surface area (Å²) in [6.07, 6.45) is 5.28. The minimum absolute atomic E-state index is 0.00209. The van der Waals surface area contributed by atoms with Crippen LogP contribution >= 0.6 is 0 Å². The number of aliphatic hydroxyl groups is 1. The molecule has 0 amide bonds. The molecule has 1 aromatic carbocycles. The molecule has 0 aliphatic rings. The maximum atomic E-state index is 9.19. The van der Waals surface area contributed by atoms with E-state index in [0.29, 0.717) is 17.6 Å². The van der Waals surface area contributed by atoms with E-state index in [2.05, 4.69) is 34.1 Å². The van der Waals surface area contributed by atoms with Crippen LogP contribution in [0.25, 0.3) is 34.1 Å². The molecule has 0 unspecified atom stereocenters. The van der Waals surface area contributed by atoms with E-state index in [-0.39, 0.29) is 6.61 Å².